The van der Waals surface area contributed by atoms with Gasteiger partial charge < -0.3 is 24.5 Å². The number of pyridine rings is 3. The Hall–Kier alpha value is -5.34. The van der Waals surface area contributed by atoms with Crippen molar-refractivity contribution in [2.45, 2.75) is 39.5 Å². The van der Waals surface area contributed by atoms with Gasteiger partial charge >= 0.3 is 0 Å². The third-order valence-electron chi connectivity index (χ3n) is 9.23. The Morgan fingerprint density at radius 1 is 1.06 bits per heavy atom. The van der Waals surface area contributed by atoms with Crippen molar-refractivity contribution in [2.75, 3.05) is 32.1 Å². The van der Waals surface area contributed by atoms with E-state index >= 15 is 0 Å². The highest BCUT2D eigenvalue weighted by Gasteiger charge is 2.21. The number of rotatable bonds is 8. The van der Waals surface area contributed by atoms with Crippen LogP contribution in [0.1, 0.15) is 28.7 Å². The average molecular weight is 640 g/mol. The summed E-state index contributed by atoms with van der Waals surface area (Å²) in [5.74, 6) is 1.33. The van der Waals surface area contributed by atoms with Crippen LogP contribution in [0.2, 0.25) is 0 Å². The van der Waals surface area contributed by atoms with Crippen molar-refractivity contribution in [3.8, 4) is 28.5 Å². The lowest BCUT2D eigenvalue weighted by Gasteiger charge is -2.17. The lowest BCUT2D eigenvalue weighted by atomic mass is 9.92. The number of anilines is 2. The number of furan rings is 1. The maximum absolute atomic E-state index is 9.91. The number of benzene rings is 2. The molecule has 0 bridgehead atoms. The van der Waals surface area contributed by atoms with Gasteiger partial charge in [0.25, 0.3) is 0 Å². The highest BCUT2D eigenvalue weighted by Crippen LogP contribution is 2.38. The van der Waals surface area contributed by atoms with Gasteiger partial charge in [-0.25, -0.2) is 4.98 Å². The first-order valence-corrected chi connectivity index (χ1v) is 16.1. The van der Waals surface area contributed by atoms with E-state index in [1.54, 1.807) is 24.0 Å². The van der Waals surface area contributed by atoms with Crippen molar-refractivity contribution in [3.05, 3.63) is 101 Å². The van der Waals surface area contributed by atoms with Crippen LogP contribution >= 0.6 is 0 Å². The van der Waals surface area contributed by atoms with Crippen LogP contribution in [0.15, 0.2) is 82.6 Å². The molecule has 48 heavy (non-hydrogen) atoms. The summed E-state index contributed by atoms with van der Waals surface area (Å²) < 4.78 is 8.13. The second-order valence-corrected chi connectivity index (χ2v) is 12.3. The van der Waals surface area contributed by atoms with Gasteiger partial charge in [0.05, 0.1) is 18.1 Å². The van der Waals surface area contributed by atoms with Gasteiger partial charge in [0, 0.05) is 68.5 Å². The van der Waals surface area contributed by atoms with E-state index in [1.165, 1.54) is 0 Å². The normalized spacial score (nSPS) is 15.4. The molecule has 6 aromatic rings. The number of aliphatic hydroxyl groups is 2. The van der Waals surface area contributed by atoms with Crippen molar-refractivity contribution in [1.29, 1.82) is 5.26 Å². The van der Waals surface area contributed by atoms with E-state index in [4.69, 9.17) is 9.40 Å². The molecule has 1 saturated heterocycles. The molecule has 0 amide bonds. The van der Waals surface area contributed by atoms with Crippen molar-refractivity contribution in [2.24, 2.45) is 4.99 Å². The standard InChI is InChI=1S/C38H37N7O3/c1-23-29(6-4-8-31(23)34-17-32-36(48-34)27(18-39)21-45(14-15-46)38(32)40-3)30-7-5-9-33(24(30)2)43-37-35-26(10-12-41-37)16-25(19-42-35)20-44-13-11-28(47)22-44/h4-10,12,16-17,19,21,28,46-47H,11,13-15,20,22H2,1-3H3,(H,41,43)/t28-/m1/s1. The zero-order valence-corrected chi connectivity index (χ0v) is 27.2. The zero-order valence-electron chi connectivity index (χ0n) is 27.2. The van der Waals surface area contributed by atoms with E-state index in [9.17, 15) is 15.5 Å². The first-order chi connectivity index (χ1) is 23.4. The highest BCUT2D eigenvalue weighted by molar-refractivity contribution is 5.92. The first-order valence-electron chi connectivity index (χ1n) is 16.1. The fraction of sp³-hybridized carbons (Fsp3) is 0.263. The number of nitrogens with one attached hydrogen (secondary N) is 1. The smallest absolute Gasteiger partial charge is 0.157 e. The predicted molar refractivity (Wildman–Crippen MR) is 187 cm³/mol. The quantitative estimate of drug-likeness (QED) is 0.189. The third kappa shape index (κ3) is 5.73. The van der Waals surface area contributed by atoms with E-state index in [2.05, 4.69) is 58.3 Å². The van der Waals surface area contributed by atoms with Crippen LogP contribution in [0.25, 0.3) is 44.3 Å². The van der Waals surface area contributed by atoms with Crippen molar-refractivity contribution in [1.82, 2.24) is 19.4 Å². The summed E-state index contributed by atoms with van der Waals surface area (Å²) in [6.07, 6.45) is 5.95. The molecule has 2 aromatic carbocycles. The molecule has 0 aliphatic carbocycles. The molecule has 1 aliphatic heterocycles. The molecule has 5 heterocycles. The summed E-state index contributed by atoms with van der Waals surface area (Å²) in [5.41, 5.74) is 9.51. The maximum atomic E-state index is 9.91. The van der Waals surface area contributed by atoms with E-state index in [1.807, 2.05) is 42.6 Å². The minimum atomic E-state index is -0.248. The second kappa shape index (κ2) is 13.0. The Labute approximate surface area is 278 Å². The minimum absolute atomic E-state index is 0.0675. The van der Waals surface area contributed by atoms with Gasteiger partial charge in [0.2, 0.25) is 0 Å². The molecular formula is C38H37N7O3. The number of hydrogen-bond acceptors (Lipinski definition) is 9. The van der Waals surface area contributed by atoms with Crippen molar-refractivity contribution >= 4 is 33.4 Å². The van der Waals surface area contributed by atoms with Gasteiger partial charge in [-0.05, 0) is 72.4 Å². The van der Waals surface area contributed by atoms with E-state index < -0.39 is 0 Å². The molecule has 10 nitrogen and oxygen atoms in total. The number of β-amino-alcohol motifs (C(OH)–C–C–N with tert-alkyl or cyclic N) is 1. The number of aliphatic hydroxyl groups excluding tert-OH is 2. The molecular weight excluding hydrogens is 602 g/mol. The van der Waals surface area contributed by atoms with Crippen LogP contribution in [0, 0.1) is 25.2 Å². The van der Waals surface area contributed by atoms with E-state index in [-0.39, 0.29) is 12.7 Å². The molecule has 1 atom stereocenters. The molecule has 0 unspecified atom stereocenters. The van der Waals surface area contributed by atoms with Gasteiger partial charge in [-0.3, -0.25) is 14.9 Å². The van der Waals surface area contributed by atoms with Gasteiger partial charge in [-0.15, -0.1) is 0 Å². The molecule has 0 spiro atoms. The largest absolute Gasteiger partial charge is 0.454 e. The van der Waals surface area contributed by atoms with E-state index in [0.717, 1.165) is 74.9 Å². The molecule has 242 valence electrons. The number of nitriles is 1. The van der Waals surface area contributed by atoms with Crippen LogP contribution in [0.5, 0.6) is 0 Å². The summed E-state index contributed by atoms with van der Waals surface area (Å²) in [7, 11) is 1.69. The number of hydrogen-bond donors (Lipinski definition) is 3. The molecule has 0 radical (unpaired) electrons. The summed E-state index contributed by atoms with van der Waals surface area (Å²) in [6, 6.07) is 20.6. The predicted octanol–water partition coefficient (Wildman–Crippen LogP) is 5.83. The molecule has 1 aliphatic rings. The van der Waals surface area contributed by atoms with E-state index in [0.29, 0.717) is 41.3 Å². The third-order valence-corrected chi connectivity index (χ3v) is 9.23. The maximum Gasteiger partial charge on any atom is 0.157 e. The molecule has 1 fully saturated rings. The summed E-state index contributed by atoms with van der Waals surface area (Å²) in [4.78, 5) is 16.2. The SMILES string of the molecule is CN=c1c2cc(-c3cccc(-c4cccc(Nc5nccc6cc(CN7CC[C@@H](O)C7)cnc56)c4C)c3C)oc2c(C#N)cn1CCO. The van der Waals surface area contributed by atoms with Gasteiger partial charge in [-0.1, -0.05) is 30.3 Å². The number of nitrogens with zero attached hydrogens (tertiary/aromatic N) is 6. The minimum Gasteiger partial charge on any atom is -0.454 e. The van der Waals surface area contributed by atoms with Gasteiger partial charge in [0.15, 0.2) is 11.4 Å². The molecule has 3 N–H and O–H groups in total. The van der Waals surface area contributed by atoms with Gasteiger partial charge in [0.1, 0.15) is 28.4 Å². The number of fused-ring (bicyclic) bond motifs is 2. The number of likely N-dealkylation sites (tertiary alicyclic amines) is 1. The topological polar surface area (TPSA) is 136 Å². The van der Waals surface area contributed by atoms with Crippen molar-refractivity contribution < 1.29 is 14.6 Å². The van der Waals surface area contributed by atoms with Crippen LogP contribution in [0.4, 0.5) is 11.5 Å². The highest BCUT2D eigenvalue weighted by atomic mass is 16.3. The fourth-order valence-corrected chi connectivity index (χ4v) is 6.81. The molecule has 0 saturated carbocycles. The zero-order chi connectivity index (χ0) is 33.4. The monoisotopic (exact) mass is 639 g/mol. The second-order valence-electron chi connectivity index (χ2n) is 12.3. The number of aromatic nitrogens is 3. The molecule has 7 rings (SSSR count). The summed E-state index contributed by atoms with van der Waals surface area (Å²) in [5, 5.41) is 34.6. The first kappa shape index (κ1) is 31.3. The van der Waals surface area contributed by atoms with Crippen molar-refractivity contribution in [3.63, 3.8) is 0 Å². The lowest BCUT2D eigenvalue weighted by molar-refractivity contribution is 0.175. The Kier molecular flexibility index (Phi) is 8.50. The molecule has 4 aromatic heterocycles. The Morgan fingerprint density at radius 2 is 1.85 bits per heavy atom. The van der Waals surface area contributed by atoms with Crippen LogP contribution in [-0.4, -0.2) is 62.5 Å². The summed E-state index contributed by atoms with van der Waals surface area (Å²) >= 11 is 0. The Balaban J connectivity index is 1.23. The molecule has 10 heteroatoms. The van der Waals surface area contributed by atoms with Crippen LogP contribution < -0.4 is 10.8 Å². The average Bonchev–Trinajstić information content (AvgIpc) is 3.72. The van der Waals surface area contributed by atoms with Crippen LogP contribution in [-0.2, 0) is 13.1 Å². The summed E-state index contributed by atoms with van der Waals surface area (Å²) in [6.45, 7) is 6.78. The Morgan fingerprint density at radius 3 is 2.60 bits per heavy atom. The fourth-order valence-electron chi connectivity index (χ4n) is 6.81. The Bertz CT molecular complexity index is 2280. The van der Waals surface area contributed by atoms with Crippen LogP contribution in [0.3, 0.4) is 0 Å². The van der Waals surface area contributed by atoms with Gasteiger partial charge in [-0.2, -0.15) is 5.26 Å². The lowest BCUT2D eigenvalue weighted by Crippen LogP contribution is -2.23.